The summed E-state index contributed by atoms with van der Waals surface area (Å²) in [6, 6.07) is 9.03. The van der Waals surface area contributed by atoms with E-state index in [0.717, 1.165) is 5.56 Å². The van der Waals surface area contributed by atoms with Gasteiger partial charge in [-0.1, -0.05) is 17.7 Å². The van der Waals surface area contributed by atoms with Crippen molar-refractivity contribution in [3.63, 3.8) is 0 Å². The van der Waals surface area contributed by atoms with Crippen LogP contribution in [0.5, 0.6) is 11.5 Å². The first-order valence-electron chi connectivity index (χ1n) is 8.41. The summed E-state index contributed by atoms with van der Waals surface area (Å²) in [5, 5.41) is 7.60. The van der Waals surface area contributed by atoms with Crippen LogP contribution in [0.15, 0.2) is 36.5 Å². The van der Waals surface area contributed by atoms with Crippen molar-refractivity contribution >= 4 is 17.6 Å². The average Bonchev–Trinajstić information content (AvgIpc) is 3.29. The predicted octanol–water partition coefficient (Wildman–Crippen LogP) is 3.62. The monoisotopic (exact) mass is 385 g/mol. The number of benzene rings is 1. The second-order valence-electron chi connectivity index (χ2n) is 5.83. The van der Waals surface area contributed by atoms with Crippen LogP contribution in [-0.4, -0.2) is 34.6 Å². The minimum atomic E-state index is -0.473. The Hall–Kier alpha value is -3.06. The highest BCUT2D eigenvalue weighted by molar-refractivity contribution is 6.31. The third-order valence-electron chi connectivity index (χ3n) is 4.16. The van der Waals surface area contributed by atoms with Crippen LogP contribution in [0.4, 0.5) is 0 Å². The number of aromatic amines is 1. The number of aromatic nitrogens is 3. The van der Waals surface area contributed by atoms with Crippen molar-refractivity contribution in [2.75, 3.05) is 13.4 Å². The molecular formula is C19H16ClN3O4. The van der Waals surface area contributed by atoms with Crippen molar-refractivity contribution in [3.8, 4) is 22.9 Å². The largest absolute Gasteiger partial charge is 0.461 e. The molecule has 138 valence electrons. The topological polar surface area (TPSA) is 86.3 Å². The molecule has 0 saturated heterocycles. The van der Waals surface area contributed by atoms with E-state index >= 15 is 0 Å². The Morgan fingerprint density at radius 3 is 2.85 bits per heavy atom. The minimum Gasteiger partial charge on any atom is -0.461 e. The van der Waals surface area contributed by atoms with E-state index in [1.54, 1.807) is 19.2 Å². The van der Waals surface area contributed by atoms with E-state index in [9.17, 15) is 4.79 Å². The normalized spacial score (nSPS) is 12.2. The summed E-state index contributed by atoms with van der Waals surface area (Å²) in [4.78, 5) is 16.7. The molecule has 0 bridgehead atoms. The third-order valence-corrected chi connectivity index (χ3v) is 4.51. The number of rotatable bonds is 5. The van der Waals surface area contributed by atoms with Gasteiger partial charge in [0.05, 0.1) is 12.3 Å². The van der Waals surface area contributed by atoms with Gasteiger partial charge in [0.1, 0.15) is 11.4 Å². The van der Waals surface area contributed by atoms with Gasteiger partial charge < -0.3 is 14.2 Å². The van der Waals surface area contributed by atoms with E-state index < -0.39 is 5.97 Å². The van der Waals surface area contributed by atoms with Crippen LogP contribution < -0.4 is 9.47 Å². The van der Waals surface area contributed by atoms with Crippen molar-refractivity contribution in [2.45, 2.75) is 13.3 Å². The average molecular weight is 386 g/mol. The van der Waals surface area contributed by atoms with E-state index in [2.05, 4.69) is 15.2 Å². The molecule has 4 rings (SSSR count). The van der Waals surface area contributed by atoms with Crippen molar-refractivity contribution < 1.29 is 19.0 Å². The highest BCUT2D eigenvalue weighted by atomic mass is 35.5. The number of esters is 1. The lowest BCUT2D eigenvalue weighted by molar-refractivity contribution is 0.0518. The highest BCUT2D eigenvalue weighted by Gasteiger charge is 2.24. The maximum absolute atomic E-state index is 12.4. The first-order valence-corrected chi connectivity index (χ1v) is 8.79. The molecule has 0 unspecified atom stereocenters. The van der Waals surface area contributed by atoms with Gasteiger partial charge in [0, 0.05) is 29.3 Å². The number of hydrogen-bond acceptors (Lipinski definition) is 6. The van der Waals surface area contributed by atoms with Crippen molar-refractivity contribution in [3.05, 3.63) is 58.4 Å². The minimum absolute atomic E-state index is 0.161. The molecule has 0 amide bonds. The van der Waals surface area contributed by atoms with Gasteiger partial charge in [0.25, 0.3) is 0 Å². The predicted molar refractivity (Wildman–Crippen MR) is 98.2 cm³/mol. The van der Waals surface area contributed by atoms with Gasteiger partial charge in [-0.15, -0.1) is 0 Å². The molecule has 3 aromatic rings. The summed E-state index contributed by atoms with van der Waals surface area (Å²) in [5.41, 5.74) is 2.95. The van der Waals surface area contributed by atoms with E-state index in [1.807, 2.05) is 24.3 Å². The highest BCUT2D eigenvalue weighted by Crippen LogP contribution is 2.38. The maximum Gasteiger partial charge on any atom is 0.356 e. The van der Waals surface area contributed by atoms with Gasteiger partial charge in [0.2, 0.25) is 6.79 Å². The van der Waals surface area contributed by atoms with Gasteiger partial charge in [0.15, 0.2) is 11.5 Å². The first kappa shape index (κ1) is 17.4. The third kappa shape index (κ3) is 3.33. The zero-order valence-corrected chi connectivity index (χ0v) is 15.2. The van der Waals surface area contributed by atoms with Gasteiger partial charge >= 0.3 is 5.97 Å². The molecule has 1 aliphatic heterocycles. The van der Waals surface area contributed by atoms with Crippen molar-refractivity contribution in [1.82, 2.24) is 15.2 Å². The molecule has 0 spiro atoms. The lowest BCUT2D eigenvalue weighted by Crippen LogP contribution is -2.08. The van der Waals surface area contributed by atoms with Crippen molar-refractivity contribution in [2.24, 2.45) is 0 Å². The molecule has 3 heterocycles. The Kier molecular flexibility index (Phi) is 4.68. The Balaban J connectivity index is 1.78. The summed E-state index contributed by atoms with van der Waals surface area (Å²) in [6.07, 6.45) is 2.03. The van der Waals surface area contributed by atoms with Crippen LogP contribution in [0.2, 0.25) is 5.02 Å². The van der Waals surface area contributed by atoms with Crippen molar-refractivity contribution in [1.29, 1.82) is 0 Å². The molecule has 0 aliphatic carbocycles. The Morgan fingerprint density at radius 2 is 2.11 bits per heavy atom. The molecular weight excluding hydrogens is 370 g/mol. The number of ether oxygens (including phenoxy) is 3. The smallest absolute Gasteiger partial charge is 0.356 e. The van der Waals surface area contributed by atoms with Crippen LogP contribution in [-0.2, 0) is 11.2 Å². The number of H-pyrrole nitrogens is 1. The van der Waals surface area contributed by atoms with E-state index in [-0.39, 0.29) is 19.1 Å². The summed E-state index contributed by atoms with van der Waals surface area (Å²) >= 11 is 6.42. The van der Waals surface area contributed by atoms with Crippen LogP contribution in [0.25, 0.3) is 11.4 Å². The second-order valence-corrected chi connectivity index (χ2v) is 6.24. The number of nitrogens with zero attached hydrogens (tertiary/aromatic N) is 2. The molecule has 2 aromatic heterocycles. The molecule has 8 heteroatoms. The Morgan fingerprint density at radius 1 is 1.30 bits per heavy atom. The van der Waals surface area contributed by atoms with Gasteiger partial charge in [-0.25, -0.2) is 4.79 Å². The fraction of sp³-hybridized carbons (Fsp3) is 0.211. The molecule has 0 radical (unpaired) electrons. The van der Waals surface area contributed by atoms with Crippen LogP contribution in [0.1, 0.15) is 28.5 Å². The Labute approximate surface area is 160 Å². The zero-order valence-electron chi connectivity index (χ0n) is 14.5. The SMILES string of the molecule is CCOC(=O)c1[nH]nc(-c2ccccn2)c1Cc1cc2c(cc1Cl)OCO2. The number of halogens is 1. The second kappa shape index (κ2) is 7.28. The van der Waals surface area contributed by atoms with E-state index in [0.29, 0.717) is 39.9 Å². The molecule has 0 saturated carbocycles. The summed E-state index contributed by atoms with van der Waals surface area (Å²) in [7, 11) is 0. The number of nitrogens with one attached hydrogen (secondary N) is 1. The number of carbonyl (C=O) groups is 1. The molecule has 1 N–H and O–H groups in total. The Bertz CT molecular complexity index is 988. The number of hydrogen-bond donors (Lipinski definition) is 1. The van der Waals surface area contributed by atoms with E-state index in [1.165, 1.54) is 0 Å². The number of carbonyl (C=O) groups excluding carboxylic acids is 1. The lowest BCUT2D eigenvalue weighted by atomic mass is 10.0. The van der Waals surface area contributed by atoms with Crippen LogP contribution in [0, 0.1) is 0 Å². The quantitative estimate of drug-likeness (QED) is 0.675. The van der Waals surface area contributed by atoms with E-state index in [4.69, 9.17) is 25.8 Å². The number of pyridine rings is 1. The lowest BCUT2D eigenvalue weighted by Gasteiger charge is -2.09. The molecule has 27 heavy (non-hydrogen) atoms. The summed E-state index contributed by atoms with van der Waals surface area (Å²) in [5.74, 6) is 0.750. The maximum atomic E-state index is 12.4. The standard InChI is InChI=1S/C19H16ClN3O4/c1-2-25-19(24)18-12(17(22-23-18)14-5-3-4-6-21-14)7-11-8-15-16(9-13(11)20)27-10-26-15/h3-6,8-9H,2,7,10H2,1H3,(H,22,23). The molecule has 0 atom stereocenters. The fourth-order valence-electron chi connectivity index (χ4n) is 2.91. The van der Waals surface area contributed by atoms with Crippen LogP contribution in [0.3, 0.4) is 0 Å². The summed E-state index contributed by atoms with van der Waals surface area (Å²) in [6.45, 7) is 2.18. The molecule has 1 aliphatic rings. The summed E-state index contributed by atoms with van der Waals surface area (Å²) < 4.78 is 15.9. The zero-order chi connectivity index (χ0) is 18.8. The fourth-order valence-corrected chi connectivity index (χ4v) is 3.13. The van der Waals surface area contributed by atoms with Gasteiger partial charge in [-0.2, -0.15) is 5.10 Å². The van der Waals surface area contributed by atoms with Gasteiger partial charge in [-0.05, 0) is 30.7 Å². The molecule has 0 fully saturated rings. The van der Waals surface area contributed by atoms with Gasteiger partial charge in [-0.3, -0.25) is 10.1 Å². The molecule has 7 nitrogen and oxygen atoms in total. The first-order chi connectivity index (χ1) is 13.2. The van der Waals surface area contributed by atoms with Crippen LogP contribution >= 0.6 is 11.6 Å². The number of fused-ring (bicyclic) bond motifs is 1. The molecule has 1 aromatic carbocycles.